The van der Waals surface area contributed by atoms with Crippen LogP contribution in [0.25, 0.3) is 0 Å². The van der Waals surface area contributed by atoms with Gasteiger partial charge in [-0.05, 0) is 33.1 Å². The molecule has 5 heteroatoms. The molecule has 0 aliphatic heterocycles. The molecule has 3 N–H and O–H groups in total. The number of aliphatic imine (C=N–C) groups is 1. The molecule has 0 bridgehead atoms. The third-order valence-electron chi connectivity index (χ3n) is 3.26. The molecule has 0 aliphatic rings. The van der Waals surface area contributed by atoms with Crippen molar-refractivity contribution in [1.29, 1.82) is 0 Å². The van der Waals surface area contributed by atoms with Crippen molar-refractivity contribution in [3.05, 3.63) is 0 Å². The number of guanidine groups is 1. The molecule has 0 aromatic carbocycles. The van der Waals surface area contributed by atoms with Gasteiger partial charge in [-0.15, -0.1) is 0 Å². The average molecular weight is 298 g/mol. The van der Waals surface area contributed by atoms with Crippen LogP contribution in [0.15, 0.2) is 4.99 Å². The summed E-state index contributed by atoms with van der Waals surface area (Å²) in [5, 5.41) is 9.28. The van der Waals surface area contributed by atoms with Crippen LogP contribution in [0.4, 0.5) is 0 Å². The number of nitrogens with zero attached hydrogens (tertiary/aromatic N) is 1. The fourth-order valence-electron chi connectivity index (χ4n) is 2.03. The van der Waals surface area contributed by atoms with Gasteiger partial charge in [0.15, 0.2) is 5.96 Å². The second-order valence-corrected chi connectivity index (χ2v) is 6.52. The van der Waals surface area contributed by atoms with Crippen molar-refractivity contribution in [2.24, 2.45) is 10.9 Å². The van der Waals surface area contributed by atoms with E-state index in [1.807, 2.05) is 20.8 Å². The minimum absolute atomic E-state index is 0.0246. The molecule has 0 aromatic rings. The molecule has 0 fully saturated rings. The zero-order chi connectivity index (χ0) is 16.3. The smallest absolute Gasteiger partial charge is 0.239 e. The Kier molecular flexibility index (Phi) is 9.84. The lowest BCUT2D eigenvalue weighted by atomic mass is 9.99. The van der Waals surface area contributed by atoms with Crippen molar-refractivity contribution in [3.63, 3.8) is 0 Å². The molecular formula is C16H34N4O. The summed E-state index contributed by atoms with van der Waals surface area (Å²) < 4.78 is 0. The van der Waals surface area contributed by atoms with Gasteiger partial charge in [-0.2, -0.15) is 0 Å². The Morgan fingerprint density at radius 3 is 2.33 bits per heavy atom. The van der Waals surface area contributed by atoms with Gasteiger partial charge in [-0.25, -0.2) is 0 Å². The normalized spacial score (nSPS) is 13.7. The maximum Gasteiger partial charge on any atom is 0.239 e. The Bertz CT molecular complexity index is 321. The van der Waals surface area contributed by atoms with E-state index in [1.54, 1.807) is 7.05 Å². The van der Waals surface area contributed by atoms with E-state index in [0.717, 1.165) is 13.0 Å². The van der Waals surface area contributed by atoms with Crippen LogP contribution in [0.5, 0.6) is 0 Å². The Labute approximate surface area is 130 Å². The molecule has 21 heavy (non-hydrogen) atoms. The first-order chi connectivity index (χ1) is 9.82. The summed E-state index contributed by atoms with van der Waals surface area (Å²) in [6, 6.07) is 0. The fraction of sp³-hybridized carbons (Fsp3) is 0.875. The summed E-state index contributed by atoms with van der Waals surface area (Å²) in [5.74, 6) is 1.32. The van der Waals surface area contributed by atoms with Crippen molar-refractivity contribution in [2.45, 2.75) is 65.8 Å². The summed E-state index contributed by atoms with van der Waals surface area (Å²) in [6.45, 7) is 11.5. The maximum atomic E-state index is 11.8. The van der Waals surface area contributed by atoms with Gasteiger partial charge in [0.2, 0.25) is 5.91 Å². The molecule has 1 atom stereocenters. The second kappa shape index (κ2) is 10.5. The molecule has 0 rings (SSSR count). The van der Waals surface area contributed by atoms with Crippen LogP contribution in [0.3, 0.4) is 0 Å². The van der Waals surface area contributed by atoms with Crippen LogP contribution < -0.4 is 16.0 Å². The monoisotopic (exact) mass is 298 g/mol. The summed E-state index contributed by atoms with van der Waals surface area (Å²) in [6.07, 6.45) is 4.90. The number of carbonyl (C=O) groups excluding carboxylic acids is 1. The summed E-state index contributed by atoms with van der Waals surface area (Å²) in [7, 11) is 1.73. The highest BCUT2D eigenvalue weighted by Crippen LogP contribution is 2.10. The Hall–Kier alpha value is -1.26. The van der Waals surface area contributed by atoms with Crippen molar-refractivity contribution >= 4 is 11.9 Å². The Morgan fingerprint density at radius 1 is 1.19 bits per heavy atom. The highest BCUT2D eigenvalue weighted by atomic mass is 16.2. The molecule has 0 radical (unpaired) electrons. The van der Waals surface area contributed by atoms with Gasteiger partial charge in [0.25, 0.3) is 0 Å². The number of amides is 1. The number of unbranched alkanes of at least 4 members (excludes halogenated alkanes) is 1. The van der Waals surface area contributed by atoms with E-state index in [-0.39, 0.29) is 18.0 Å². The predicted octanol–water partition coefficient (Wildman–Crippen LogP) is 2.28. The molecule has 5 nitrogen and oxygen atoms in total. The van der Waals surface area contributed by atoms with Gasteiger partial charge in [-0.1, -0.05) is 33.1 Å². The molecule has 1 amide bonds. The standard InChI is InChI=1S/C16H34N4O/c1-7-9-10-13(8-2)11-18-15(17-6)19-12-14(21)20-16(3,4)5/h13H,7-12H2,1-6H3,(H,20,21)(H2,17,18,19). The minimum atomic E-state index is -0.205. The maximum absolute atomic E-state index is 11.8. The van der Waals surface area contributed by atoms with Crippen molar-refractivity contribution in [3.8, 4) is 0 Å². The zero-order valence-electron chi connectivity index (χ0n) is 14.7. The largest absolute Gasteiger partial charge is 0.356 e. The third-order valence-corrected chi connectivity index (χ3v) is 3.26. The number of hydrogen-bond acceptors (Lipinski definition) is 2. The lowest BCUT2D eigenvalue weighted by molar-refractivity contribution is -0.121. The van der Waals surface area contributed by atoms with E-state index in [9.17, 15) is 4.79 Å². The predicted molar refractivity (Wildman–Crippen MR) is 90.6 cm³/mol. The highest BCUT2D eigenvalue weighted by Gasteiger charge is 2.14. The van der Waals surface area contributed by atoms with Crippen LogP contribution in [-0.4, -0.2) is 37.5 Å². The number of hydrogen-bond donors (Lipinski definition) is 3. The lowest BCUT2D eigenvalue weighted by Crippen LogP contribution is -2.48. The molecule has 0 heterocycles. The topological polar surface area (TPSA) is 65.5 Å². The summed E-state index contributed by atoms with van der Waals surface area (Å²) in [5.41, 5.74) is -0.205. The molecule has 0 saturated heterocycles. The number of nitrogens with one attached hydrogen (secondary N) is 3. The first-order valence-corrected chi connectivity index (χ1v) is 8.07. The van der Waals surface area contributed by atoms with Crippen molar-refractivity contribution < 1.29 is 4.79 Å². The summed E-state index contributed by atoms with van der Waals surface area (Å²) >= 11 is 0. The number of rotatable bonds is 8. The molecule has 124 valence electrons. The van der Waals surface area contributed by atoms with Crippen LogP contribution in [-0.2, 0) is 4.79 Å². The van der Waals surface area contributed by atoms with Crippen molar-refractivity contribution in [2.75, 3.05) is 20.1 Å². The quantitative estimate of drug-likeness (QED) is 0.476. The van der Waals surface area contributed by atoms with Crippen molar-refractivity contribution in [1.82, 2.24) is 16.0 Å². The van der Waals surface area contributed by atoms with Gasteiger partial charge in [-0.3, -0.25) is 9.79 Å². The van der Waals surface area contributed by atoms with E-state index in [4.69, 9.17) is 0 Å². The van der Waals surface area contributed by atoms with Gasteiger partial charge in [0.1, 0.15) is 0 Å². The van der Waals surface area contributed by atoms with E-state index in [0.29, 0.717) is 11.9 Å². The molecule has 0 aromatic heterocycles. The van der Waals surface area contributed by atoms with E-state index >= 15 is 0 Å². The molecule has 1 unspecified atom stereocenters. The van der Waals surface area contributed by atoms with Crippen LogP contribution >= 0.6 is 0 Å². The highest BCUT2D eigenvalue weighted by molar-refractivity contribution is 5.86. The third kappa shape index (κ3) is 11.1. The lowest BCUT2D eigenvalue weighted by Gasteiger charge is -2.21. The SMILES string of the molecule is CCCCC(CC)CNC(=NC)NCC(=O)NC(C)(C)C. The summed E-state index contributed by atoms with van der Waals surface area (Å²) in [4.78, 5) is 15.9. The van der Waals surface area contributed by atoms with Crippen LogP contribution in [0.1, 0.15) is 60.3 Å². The van der Waals surface area contributed by atoms with Crippen LogP contribution in [0, 0.1) is 5.92 Å². The van der Waals surface area contributed by atoms with Gasteiger partial charge in [0, 0.05) is 19.1 Å². The van der Waals surface area contributed by atoms with Crippen LogP contribution in [0.2, 0.25) is 0 Å². The molecular weight excluding hydrogens is 264 g/mol. The first kappa shape index (κ1) is 19.7. The second-order valence-electron chi connectivity index (χ2n) is 6.52. The zero-order valence-corrected chi connectivity index (χ0v) is 14.7. The van der Waals surface area contributed by atoms with E-state index in [2.05, 4.69) is 34.8 Å². The minimum Gasteiger partial charge on any atom is -0.356 e. The first-order valence-electron chi connectivity index (χ1n) is 8.07. The fourth-order valence-corrected chi connectivity index (χ4v) is 2.03. The molecule has 0 spiro atoms. The molecule has 0 aliphatic carbocycles. The van der Waals surface area contributed by atoms with Gasteiger partial charge in [0.05, 0.1) is 6.54 Å². The van der Waals surface area contributed by atoms with E-state index in [1.165, 1.54) is 19.3 Å². The van der Waals surface area contributed by atoms with E-state index < -0.39 is 0 Å². The van der Waals surface area contributed by atoms with Gasteiger partial charge >= 0.3 is 0 Å². The number of carbonyl (C=O) groups is 1. The Morgan fingerprint density at radius 2 is 1.86 bits per heavy atom. The molecule has 0 saturated carbocycles. The van der Waals surface area contributed by atoms with Gasteiger partial charge < -0.3 is 16.0 Å². The Balaban J connectivity index is 4.09. The average Bonchev–Trinajstić information content (AvgIpc) is 2.40.